The van der Waals surface area contributed by atoms with Crippen LogP contribution in [0.25, 0.3) is 10.9 Å². The number of nitrogens with one attached hydrogen (secondary N) is 1. The summed E-state index contributed by atoms with van der Waals surface area (Å²) in [5, 5.41) is 13.4. The van der Waals surface area contributed by atoms with Crippen LogP contribution in [0.4, 0.5) is 4.79 Å². The maximum atomic E-state index is 11.3. The van der Waals surface area contributed by atoms with Gasteiger partial charge in [-0.3, -0.25) is 4.57 Å². The van der Waals surface area contributed by atoms with Crippen LogP contribution >= 0.6 is 0 Å². The van der Waals surface area contributed by atoms with E-state index in [0.717, 1.165) is 29.6 Å². The number of rotatable bonds is 2. The molecule has 0 unspecified atom stereocenters. The molecule has 24 heavy (non-hydrogen) atoms. The van der Waals surface area contributed by atoms with Crippen molar-refractivity contribution in [3.8, 4) is 11.6 Å². The van der Waals surface area contributed by atoms with Gasteiger partial charge in [0.25, 0.3) is 0 Å². The van der Waals surface area contributed by atoms with Gasteiger partial charge in [-0.15, -0.1) is 0 Å². The molecule has 7 heteroatoms. The van der Waals surface area contributed by atoms with Crippen molar-refractivity contribution in [2.24, 2.45) is 0 Å². The van der Waals surface area contributed by atoms with Gasteiger partial charge >= 0.3 is 6.09 Å². The number of ether oxygens (including phenoxy) is 1. The Balaban J connectivity index is 1.72. The summed E-state index contributed by atoms with van der Waals surface area (Å²) in [4.78, 5) is 19.9. The van der Waals surface area contributed by atoms with Crippen LogP contribution in [0.5, 0.6) is 11.6 Å². The first-order valence-electron chi connectivity index (χ1n) is 7.70. The number of aromatic nitrogens is 3. The molecule has 122 valence electrons. The molecule has 4 rings (SSSR count). The highest BCUT2D eigenvalue weighted by atomic mass is 16.5. The summed E-state index contributed by atoms with van der Waals surface area (Å²) < 4.78 is 7.22. The van der Waals surface area contributed by atoms with Gasteiger partial charge in [-0.25, -0.2) is 14.8 Å². The van der Waals surface area contributed by atoms with Crippen LogP contribution in [0, 0.1) is 6.92 Å². The maximum Gasteiger partial charge on any atom is 0.416 e. The van der Waals surface area contributed by atoms with Crippen LogP contribution in [0.1, 0.15) is 17.0 Å². The molecule has 0 amide bonds. The highest BCUT2D eigenvalue weighted by Gasteiger charge is 2.17. The van der Waals surface area contributed by atoms with Crippen LogP contribution in [-0.2, 0) is 13.0 Å². The summed E-state index contributed by atoms with van der Waals surface area (Å²) in [5.41, 5.74) is 3.29. The number of aryl methyl sites for hydroxylation is 1. The van der Waals surface area contributed by atoms with Gasteiger partial charge in [0, 0.05) is 23.2 Å². The van der Waals surface area contributed by atoms with Gasteiger partial charge in [0.1, 0.15) is 12.1 Å². The summed E-state index contributed by atoms with van der Waals surface area (Å²) in [6.45, 7) is 3.35. The largest absolute Gasteiger partial charge is 0.464 e. The first-order valence-corrected chi connectivity index (χ1v) is 7.70. The Labute approximate surface area is 137 Å². The molecule has 0 aliphatic carbocycles. The number of hydrogen-bond donors (Lipinski definition) is 2. The van der Waals surface area contributed by atoms with E-state index in [2.05, 4.69) is 15.3 Å². The molecule has 7 nitrogen and oxygen atoms in total. The lowest BCUT2D eigenvalue weighted by molar-refractivity contribution is 0.197. The third kappa shape index (κ3) is 2.39. The summed E-state index contributed by atoms with van der Waals surface area (Å²) in [6.07, 6.45) is 1.33. The molecule has 1 aliphatic rings. The minimum Gasteiger partial charge on any atom is -0.464 e. The Kier molecular flexibility index (Phi) is 3.42. The summed E-state index contributed by atoms with van der Waals surface area (Å²) in [7, 11) is 0. The van der Waals surface area contributed by atoms with E-state index in [1.807, 2.05) is 12.1 Å². The summed E-state index contributed by atoms with van der Waals surface area (Å²) >= 11 is 0. The lowest BCUT2D eigenvalue weighted by atomic mass is 10.1. The quantitative estimate of drug-likeness (QED) is 0.753. The molecule has 1 aromatic carbocycles. The summed E-state index contributed by atoms with van der Waals surface area (Å²) in [6, 6.07) is 7.17. The Bertz CT molecular complexity index is 948. The van der Waals surface area contributed by atoms with Crippen molar-refractivity contribution >= 4 is 17.0 Å². The van der Waals surface area contributed by atoms with Crippen molar-refractivity contribution in [2.45, 2.75) is 19.9 Å². The monoisotopic (exact) mass is 324 g/mol. The molecule has 0 spiro atoms. The van der Waals surface area contributed by atoms with E-state index >= 15 is 0 Å². The second-order valence-corrected chi connectivity index (χ2v) is 5.76. The molecule has 3 heterocycles. The van der Waals surface area contributed by atoms with E-state index in [1.165, 1.54) is 10.9 Å². The number of carbonyl (C=O) groups is 1. The Morgan fingerprint density at radius 3 is 3.04 bits per heavy atom. The van der Waals surface area contributed by atoms with Crippen LogP contribution < -0.4 is 10.1 Å². The zero-order valence-electron chi connectivity index (χ0n) is 13.1. The number of hydrogen-bond acceptors (Lipinski definition) is 5. The highest BCUT2D eigenvalue weighted by Crippen LogP contribution is 2.30. The van der Waals surface area contributed by atoms with Gasteiger partial charge < -0.3 is 15.2 Å². The highest BCUT2D eigenvalue weighted by molar-refractivity contribution is 5.91. The predicted octanol–water partition coefficient (Wildman–Crippen LogP) is 2.70. The van der Waals surface area contributed by atoms with E-state index in [4.69, 9.17) is 4.74 Å². The fourth-order valence-electron chi connectivity index (χ4n) is 3.10. The van der Waals surface area contributed by atoms with Crippen molar-refractivity contribution in [1.29, 1.82) is 0 Å². The molecule has 0 bridgehead atoms. The molecular weight excluding hydrogens is 308 g/mol. The predicted molar refractivity (Wildman–Crippen MR) is 87.6 cm³/mol. The minimum absolute atomic E-state index is 0.565. The Hall–Kier alpha value is -2.93. The van der Waals surface area contributed by atoms with Crippen LogP contribution in [0.3, 0.4) is 0 Å². The zero-order valence-corrected chi connectivity index (χ0v) is 13.1. The Morgan fingerprint density at radius 1 is 1.33 bits per heavy atom. The van der Waals surface area contributed by atoms with Crippen molar-refractivity contribution in [2.75, 3.05) is 6.54 Å². The molecule has 0 atom stereocenters. The smallest absolute Gasteiger partial charge is 0.416 e. The third-order valence-corrected chi connectivity index (χ3v) is 4.20. The van der Waals surface area contributed by atoms with Crippen LogP contribution in [-0.4, -0.2) is 32.3 Å². The van der Waals surface area contributed by atoms with E-state index in [0.29, 0.717) is 29.4 Å². The second kappa shape index (κ2) is 5.61. The van der Waals surface area contributed by atoms with Crippen molar-refractivity contribution in [3.05, 3.63) is 47.5 Å². The number of carboxylic acid groups (broad SMARTS) is 1. The molecular formula is C17H16N4O3. The topological polar surface area (TPSA) is 89.3 Å². The molecule has 3 aromatic rings. The normalized spacial score (nSPS) is 13.7. The second-order valence-electron chi connectivity index (χ2n) is 5.76. The molecule has 0 fully saturated rings. The average Bonchev–Trinajstić information content (AvgIpc) is 2.90. The fraction of sp³-hybridized carbons (Fsp3) is 0.235. The first-order chi connectivity index (χ1) is 11.6. The SMILES string of the molecule is Cc1cc2cc(Oc3ncnc4c3CCNC4)ccc2n1C(=O)O. The number of fused-ring (bicyclic) bond motifs is 2. The molecule has 0 radical (unpaired) electrons. The maximum absolute atomic E-state index is 11.3. The standard InChI is InChI=1S/C17H16N4O3/c1-10-6-11-7-12(2-3-15(11)21(10)17(22)23)24-16-13-4-5-18-8-14(13)19-9-20-16/h2-3,6-7,9,18H,4-5,8H2,1H3,(H,22,23). The lowest BCUT2D eigenvalue weighted by Crippen LogP contribution is -2.25. The van der Waals surface area contributed by atoms with Gasteiger partial charge in [0.15, 0.2) is 0 Å². The van der Waals surface area contributed by atoms with Crippen molar-refractivity contribution < 1.29 is 14.6 Å². The van der Waals surface area contributed by atoms with E-state index in [9.17, 15) is 9.90 Å². The Morgan fingerprint density at radius 2 is 2.21 bits per heavy atom. The van der Waals surface area contributed by atoms with Crippen molar-refractivity contribution in [3.63, 3.8) is 0 Å². The zero-order chi connectivity index (χ0) is 16.7. The molecule has 2 N–H and O–H groups in total. The van der Waals surface area contributed by atoms with Crippen molar-refractivity contribution in [1.82, 2.24) is 19.9 Å². The van der Waals surface area contributed by atoms with Crippen LogP contribution in [0.2, 0.25) is 0 Å². The van der Waals surface area contributed by atoms with Gasteiger partial charge in [-0.05, 0) is 44.2 Å². The van der Waals surface area contributed by atoms with Gasteiger partial charge in [0.05, 0.1) is 11.2 Å². The fourth-order valence-corrected chi connectivity index (χ4v) is 3.10. The number of benzene rings is 1. The van der Waals surface area contributed by atoms with Gasteiger partial charge in [-0.2, -0.15) is 0 Å². The van der Waals surface area contributed by atoms with Gasteiger partial charge in [-0.1, -0.05) is 0 Å². The number of nitrogens with zero attached hydrogens (tertiary/aromatic N) is 3. The minimum atomic E-state index is -0.992. The van der Waals surface area contributed by atoms with Gasteiger partial charge in [0.2, 0.25) is 5.88 Å². The molecule has 1 aliphatic heterocycles. The van der Waals surface area contributed by atoms with E-state index in [-0.39, 0.29) is 0 Å². The van der Waals surface area contributed by atoms with E-state index < -0.39 is 6.09 Å². The average molecular weight is 324 g/mol. The third-order valence-electron chi connectivity index (χ3n) is 4.20. The first kappa shape index (κ1) is 14.6. The summed E-state index contributed by atoms with van der Waals surface area (Å²) in [5.74, 6) is 1.19. The molecule has 0 saturated carbocycles. The van der Waals surface area contributed by atoms with Crippen LogP contribution in [0.15, 0.2) is 30.6 Å². The van der Waals surface area contributed by atoms with E-state index in [1.54, 1.807) is 19.1 Å². The molecule has 0 saturated heterocycles. The molecule has 2 aromatic heterocycles. The lowest BCUT2D eigenvalue weighted by Gasteiger charge is -2.18.